The predicted octanol–water partition coefficient (Wildman–Crippen LogP) is 19.0. The van der Waals surface area contributed by atoms with Crippen LogP contribution in [0.5, 0.6) is 0 Å². The maximum absolute atomic E-state index is 2.59. The fraction of sp³-hybridized carbons (Fsp3) is 0.0250. The lowest BCUT2D eigenvalue weighted by Gasteiger charge is -2.45. The SMILES string of the molecule is Cc1cc2c(cc1-n1c3ccccc3c3ccccc31)N(c1ccc(-c3ccccc3)cc1)c1cc(-n3c4ccccc4c4ccccc43)cc3c1B2c1cc(C)c(-n2c4ccccc4c4ccccc42)cc1N3c1ccc(-c2ccccc2)cc1. The molecule has 16 aromatic rings. The molecule has 0 aliphatic carbocycles. The largest absolute Gasteiger partial charge is 0.311 e. The molecule has 0 fully saturated rings. The Morgan fingerprint density at radius 2 is 0.523 bits per heavy atom. The zero-order valence-corrected chi connectivity index (χ0v) is 47.5. The van der Waals surface area contributed by atoms with E-state index in [1.165, 1.54) is 104 Å². The third kappa shape index (κ3) is 7.07. The van der Waals surface area contributed by atoms with Crippen LogP contribution in [-0.2, 0) is 0 Å². The van der Waals surface area contributed by atoms with Crippen molar-refractivity contribution in [3.8, 4) is 39.3 Å². The molecule has 0 radical (unpaired) electrons. The van der Waals surface area contributed by atoms with Crippen molar-refractivity contribution >= 4 is 123 Å². The summed E-state index contributed by atoms with van der Waals surface area (Å²) in [6.07, 6.45) is 0. The predicted molar refractivity (Wildman–Crippen MR) is 364 cm³/mol. The van der Waals surface area contributed by atoms with Gasteiger partial charge in [-0.05, 0) is 149 Å². The molecule has 5 heterocycles. The molecule has 86 heavy (non-hydrogen) atoms. The van der Waals surface area contributed by atoms with Crippen LogP contribution in [0.4, 0.5) is 34.1 Å². The Kier molecular flexibility index (Phi) is 10.5. The first-order valence-electron chi connectivity index (χ1n) is 29.9. The van der Waals surface area contributed by atoms with Crippen molar-refractivity contribution < 1.29 is 0 Å². The van der Waals surface area contributed by atoms with E-state index in [9.17, 15) is 0 Å². The Labute approximate surface area is 498 Å². The molecular weight excluding hydrogens is 1040 g/mol. The Morgan fingerprint density at radius 1 is 0.233 bits per heavy atom. The van der Waals surface area contributed by atoms with Crippen LogP contribution in [-0.4, -0.2) is 20.4 Å². The smallest absolute Gasteiger partial charge is 0.252 e. The molecule has 18 rings (SSSR count). The number of hydrogen-bond donors (Lipinski definition) is 0. The monoisotopic (exact) mass is 1100 g/mol. The number of aryl methyl sites for hydroxylation is 2. The van der Waals surface area contributed by atoms with Crippen molar-refractivity contribution in [2.24, 2.45) is 0 Å². The maximum Gasteiger partial charge on any atom is 0.252 e. The minimum Gasteiger partial charge on any atom is -0.311 e. The first-order chi connectivity index (χ1) is 42.5. The van der Waals surface area contributed by atoms with E-state index in [4.69, 9.17) is 0 Å². The number of para-hydroxylation sites is 6. The second-order valence-electron chi connectivity index (χ2n) is 23.3. The van der Waals surface area contributed by atoms with Crippen molar-refractivity contribution in [1.82, 2.24) is 13.7 Å². The van der Waals surface area contributed by atoms with E-state index < -0.39 is 0 Å². The van der Waals surface area contributed by atoms with Gasteiger partial charge in [0.25, 0.3) is 6.71 Å². The lowest BCUT2D eigenvalue weighted by atomic mass is 9.33. The van der Waals surface area contributed by atoms with Crippen molar-refractivity contribution in [2.75, 3.05) is 9.80 Å². The van der Waals surface area contributed by atoms with E-state index in [-0.39, 0.29) is 6.71 Å². The maximum atomic E-state index is 2.59. The average molecular weight is 1100 g/mol. The van der Waals surface area contributed by atoms with Crippen LogP contribution < -0.4 is 26.2 Å². The highest BCUT2D eigenvalue weighted by Gasteiger charge is 2.45. The Bertz CT molecular complexity index is 5000. The lowest BCUT2D eigenvalue weighted by Crippen LogP contribution is -2.61. The van der Waals surface area contributed by atoms with E-state index in [0.717, 1.165) is 62.2 Å². The summed E-state index contributed by atoms with van der Waals surface area (Å²) < 4.78 is 7.51. The molecule has 2 aliphatic heterocycles. The zero-order valence-electron chi connectivity index (χ0n) is 47.5. The molecular formula is C80H54BN5. The van der Waals surface area contributed by atoms with Crippen molar-refractivity contribution in [1.29, 1.82) is 0 Å². The molecule has 5 nitrogen and oxygen atoms in total. The zero-order chi connectivity index (χ0) is 56.7. The molecule has 0 saturated carbocycles. The Balaban J connectivity index is 0.982. The first kappa shape index (κ1) is 48.5. The molecule has 13 aromatic carbocycles. The number of hydrogen-bond acceptors (Lipinski definition) is 2. The highest BCUT2D eigenvalue weighted by molar-refractivity contribution is 7.00. The fourth-order valence-electron chi connectivity index (χ4n) is 14.9. The van der Waals surface area contributed by atoms with Gasteiger partial charge in [0.1, 0.15) is 0 Å². The number of aromatic nitrogens is 3. The van der Waals surface area contributed by atoms with Gasteiger partial charge in [-0.2, -0.15) is 0 Å². The Hall–Kier alpha value is -11.1. The molecule has 0 amide bonds. The first-order valence-corrected chi connectivity index (χ1v) is 29.9. The second-order valence-corrected chi connectivity index (χ2v) is 23.3. The third-order valence-corrected chi connectivity index (χ3v) is 18.6. The molecule has 0 unspecified atom stereocenters. The minimum atomic E-state index is -0.159. The van der Waals surface area contributed by atoms with Gasteiger partial charge in [-0.1, -0.05) is 206 Å². The number of rotatable bonds is 7. The van der Waals surface area contributed by atoms with E-state index in [1.807, 2.05) is 0 Å². The van der Waals surface area contributed by atoms with Crippen LogP contribution in [0.15, 0.2) is 291 Å². The lowest BCUT2D eigenvalue weighted by molar-refractivity contribution is 1.13. The van der Waals surface area contributed by atoms with E-state index >= 15 is 0 Å². The molecule has 0 N–H and O–H groups in total. The highest BCUT2D eigenvalue weighted by atomic mass is 15.2. The summed E-state index contributed by atoms with van der Waals surface area (Å²) in [5.74, 6) is 0. The van der Waals surface area contributed by atoms with Crippen LogP contribution in [0.3, 0.4) is 0 Å². The normalized spacial score (nSPS) is 12.7. The quantitative estimate of drug-likeness (QED) is 0.148. The molecule has 0 saturated heterocycles. The molecule has 0 spiro atoms. The number of fused-ring (bicyclic) bond motifs is 13. The summed E-state index contributed by atoms with van der Waals surface area (Å²) >= 11 is 0. The van der Waals surface area contributed by atoms with Gasteiger partial charge in [0.2, 0.25) is 0 Å². The van der Waals surface area contributed by atoms with Crippen LogP contribution in [0.25, 0.3) is 105 Å². The topological polar surface area (TPSA) is 21.3 Å². The minimum absolute atomic E-state index is 0.159. The standard InChI is InChI=1S/C80H54BN5/c1-51-45-66-76(49-74(51)85-70-33-17-11-27-62(70)63-28-12-18-34-71(63)85)82(57-41-37-55(38-42-57)53-21-5-3-6-22-53)78-47-59(84-68-31-15-9-25-60(68)61-26-10-16-32-69(61)84)48-79-80(78)81(66)67-46-52(2)75(86-72-35-19-13-29-64(72)65-30-14-20-36-73(65)86)50-77(67)83(79)58-43-39-56(40-44-58)54-23-7-4-8-24-54/h3-50H,1-2H3. The van der Waals surface area contributed by atoms with Crippen LogP contribution in [0.1, 0.15) is 11.1 Å². The van der Waals surface area contributed by atoms with Crippen molar-refractivity contribution in [3.63, 3.8) is 0 Å². The van der Waals surface area contributed by atoms with Crippen LogP contribution >= 0.6 is 0 Å². The molecule has 0 atom stereocenters. The van der Waals surface area contributed by atoms with Gasteiger partial charge in [-0.3, -0.25) is 0 Å². The van der Waals surface area contributed by atoms with Crippen molar-refractivity contribution in [3.05, 3.63) is 302 Å². The number of nitrogens with zero attached hydrogens (tertiary/aromatic N) is 5. The summed E-state index contributed by atoms with van der Waals surface area (Å²) in [5, 5.41) is 7.42. The average Bonchev–Trinajstić information content (AvgIpc) is 0.769. The van der Waals surface area contributed by atoms with Gasteiger partial charge in [0.05, 0.1) is 50.2 Å². The van der Waals surface area contributed by atoms with Crippen molar-refractivity contribution in [2.45, 2.75) is 13.8 Å². The fourth-order valence-corrected chi connectivity index (χ4v) is 14.9. The summed E-state index contributed by atoms with van der Waals surface area (Å²) in [7, 11) is 0. The molecule has 402 valence electrons. The number of anilines is 6. The highest BCUT2D eigenvalue weighted by Crippen LogP contribution is 2.49. The van der Waals surface area contributed by atoms with Gasteiger partial charge >= 0.3 is 0 Å². The van der Waals surface area contributed by atoms with Gasteiger partial charge < -0.3 is 23.5 Å². The van der Waals surface area contributed by atoms with E-state index in [1.54, 1.807) is 0 Å². The summed E-state index contributed by atoms with van der Waals surface area (Å²) in [6.45, 7) is 4.48. The number of benzene rings is 13. The third-order valence-electron chi connectivity index (χ3n) is 18.6. The Morgan fingerprint density at radius 3 is 0.860 bits per heavy atom. The van der Waals surface area contributed by atoms with Gasteiger partial charge in [-0.25, -0.2) is 0 Å². The van der Waals surface area contributed by atoms with Crippen LogP contribution in [0.2, 0.25) is 0 Å². The molecule has 0 bridgehead atoms. The summed E-state index contributed by atoms with van der Waals surface area (Å²) in [4.78, 5) is 5.18. The van der Waals surface area contributed by atoms with E-state index in [0.29, 0.717) is 0 Å². The molecule has 6 heteroatoms. The van der Waals surface area contributed by atoms with Gasteiger partial charge in [0, 0.05) is 66.4 Å². The second kappa shape index (κ2) is 18.7. The molecule has 2 aliphatic rings. The molecule has 3 aromatic heterocycles. The van der Waals surface area contributed by atoms with Crippen LogP contribution in [0, 0.1) is 13.8 Å². The summed E-state index contributed by atoms with van der Waals surface area (Å²) in [6, 6.07) is 109. The summed E-state index contributed by atoms with van der Waals surface area (Å²) in [5.41, 5.74) is 28.2. The van der Waals surface area contributed by atoms with Gasteiger partial charge in [0.15, 0.2) is 0 Å². The van der Waals surface area contributed by atoms with E-state index in [2.05, 4.69) is 329 Å². The van der Waals surface area contributed by atoms with Gasteiger partial charge in [-0.15, -0.1) is 0 Å².